The van der Waals surface area contributed by atoms with E-state index in [1.54, 1.807) is 15.5 Å². The molecule has 1 aromatic carbocycles. The Balaban J connectivity index is 1.49. The second-order valence-corrected chi connectivity index (χ2v) is 11.4. The third-order valence-electron chi connectivity index (χ3n) is 6.41. The van der Waals surface area contributed by atoms with E-state index in [9.17, 15) is 18.3 Å². The van der Waals surface area contributed by atoms with Gasteiger partial charge in [0.2, 0.25) is 10.0 Å². The van der Waals surface area contributed by atoms with Gasteiger partial charge in [0.05, 0.1) is 35.3 Å². The average Bonchev–Trinajstić information content (AvgIpc) is 3.21. The molecule has 0 spiro atoms. The standard InChI is InChI=1S/C23H27ClN6O4S/c1-14-9-21(28-12-16(31)13-28)25-22-11-19(26-30(14)22)20-5-3-4-8-29(20)23(32)17-10-15(24)6-7-18(17)27-35(2,33)34/h6-7,9-11,16,20,27,31H,3-5,8,12-13H2,1-2H3/t20-/m0/s1. The molecule has 10 nitrogen and oxygen atoms in total. The van der Waals surface area contributed by atoms with Crippen molar-refractivity contribution in [2.45, 2.75) is 38.3 Å². The van der Waals surface area contributed by atoms with Crippen molar-refractivity contribution in [1.82, 2.24) is 19.5 Å². The Bertz CT molecular complexity index is 1400. The van der Waals surface area contributed by atoms with E-state index in [4.69, 9.17) is 21.7 Å². The van der Waals surface area contributed by atoms with E-state index in [0.29, 0.717) is 30.3 Å². The number of likely N-dealkylation sites (tertiary alicyclic amines) is 1. The van der Waals surface area contributed by atoms with Crippen molar-refractivity contribution in [2.75, 3.05) is 35.5 Å². The van der Waals surface area contributed by atoms with Crippen LogP contribution in [0.25, 0.3) is 5.65 Å². The molecule has 4 heterocycles. The highest BCUT2D eigenvalue weighted by atomic mass is 35.5. The van der Waals surface area contributed by atoms with Gasteiger partial charge in [0.1, 0.15) is 5.82 Å². The average molecular weight is 519 g/mol. The fourth-order valence-electron chi connectivity index (χ4n) is 4.71. The first-order valence-electron chi connectivity index (χ1n) is 11.5. The van der Waals surface area contributed by atoms with Gasteiger partial charge in [-0.2, -0.15) is 5.10 Å². The Kier molecular flexibility index (Phi) is 6.10. The number of rotatable bonds is 5. The number of piperidine rings is 1. The van der Waals surface area contributed by atoms with Crippen LogP contribution in [0.1, 0.15) is 47.1 Å². The minimum absolute atomic E-state index is 0.195. The van der Waals surface area contributed by atoms with Gasteiger partial charge in [-0.05, 0) is 44.4 Å². The summed E-state index contributed by atoms with van der Waals surface area (Å²) in [5, 5.41) is 14.8. The van der Waals surface area contributed by atoms with Crippen molar-refractivity contribution in [2.24, 2.45) is 0 Å². The quantitative estimate of drug-likeness (QED) is 0.532. The summed E-state index contributed by atoms with van der Waals surface area (Å²) in [6.45, 7) is 3.57. The number of carbonyl (C=O) groups excluding carboxylic acids is 1. The van der Waals surface area contributed by atoms with Crippen LogP contribution in [0.4, 0.5) is 11.5 Å². The number of aryl methyl sites for hydroxylation is 1. The number of hydrogen-bond donors (Lipinski definition) is 2. The fourth-order valence-corrected chi connectivity index (χ4v) is 5.46. The number of fused-ring (bicyclic) bond motifs is 1. The Labute approximate surface area is 208 Å². The van der Waals surface area contributed by atoms with E-state index in [0.717, 1.165) is 42.7 Å². The van der Waals surface area contributed by atoms with Crippen molar-refractivity contribution in [3.8, 4) is 0 Å². The van der Waals surface area contributed by atoms with Crippen LogP contribution < -0.4 is 9.62 Å². The molecule has 2 aromatic heterocycles. The molecule has 0 saturated carbocycles. The van der Waals surface area contributed by atoms with Gasteiger partial charge in [-0.3, -0.25) is 9.52 Å². The molecule has 3 aromatic rings. The molecule has 0 aliphatic carbocycles. The largest absolute Gasteiger partial charge is 0.389 e. The molecule has 2 N–H and O–H groups in total. The third-order valence-corrected chi connectivity index (χ3v) is 7.24. The summed E-state index contributed by atoms with van der Waals surface area (Å²) in [5.41, 5.74) is 2.71. The number of β-amino-alcohol motifs (C(OH)–C–C–N with tert-alkyl or cyclic N) is 1. The number of aromatic nitrogens is 3. The molecule has 2 aliphatic rings. The van der Waals surface area contributed by atoms with E-state index in [1.807, 2.05) is 24.0 Å². The molecule has 2 saturated heterocycles. The minimum Gasteiger partial charge on any atom is -0.389 e. The maximum atomic E-state index is 13.7. The van der Waals surface area contributed by atoms with Crippen LogP contribution in [0.15, 0.2) is 30.3 Å². The number of amides is 1. The SMILES string of the molecule is Cc1cc(N2CC(O)C2)nc2cc([C@@H]3CCCCN3C(=O)c3cc(Cl)ccc3NS(C)(=O)=O)nn12. The van der Waals surface area contributed by atoms with Crippen molar-refractivity contribution in [1.29, 1.82) is 0 Å². The van der Waals surface area contributed by atoms with Crippen LogP contribution in [0, 0.1) is 6.92 Å². The minimum atomic E-state index is -3.58. The smallest absolute Gasteiger partial charge is 0.256 e. The van der Waals surface area contributed by atoms with Crippen molar-refractivity contribution >= 4 is 44.7 Å². The summed E-state index contributed by atoms with van der Waals surface area (Å²) in [6.07, 6.45) is 3.22. The summed E-state index contributed by atoms with van der Waals surface area (Å²) in [7, 11) is -3.58. The monoisotopic (exact) mass is 518 g/mol. The Morgan fingerprint density at radius 3 is 2.69 bits per heavy atom. The van der Waals surface area contributed by atoms with Crippen molar-refractivity contribution < 1.29 is 18.3 Å². The molecule has 0 bridgehead atoms. The van der Waals surface area contributed by atoms with E-state index >= 15 is 0 Å². The highest BCUT2D eigenvalue weighted by Gasteiger charge is 2.33. The van der Waals surface area contributed by atoms with E-state index in [1.165, 1.54) is 12.1 Å². The normalized spacial score (nSPS) is 19.1. The van der Waals surface area contributed by atoms with Crippen LogP contribution >= 0.6 is 11.6 Å². The first-order chi connectivity index (χ1) is 16.6. The first-order valence-corrected chi connectivity index (χ1v) is 13.7. The van der Waals surface area contributed by atoms with Gasteiger partial charge in [-0.1, -0.05) is 11.6 Å². The lowest BCUT2D eigenvalue weighted by Gasteiger charge is -2.36. The highest BCUT2D eigenvalue weighted by molar-refractivity contribution is 7.92. The van der Waals surface area contributed by atoms with Crippen LogP contribution in [0.3, 0.4) is 0 Å². The molecule has 2 fully saturated rings. The molecular formula is C23H27ClN6O4S. The lowest BCUT2D eigenvalue weighted by molar-refractivity contribution is 0.0607. The number of halogens is 1. The van der Waals surface area contributed by atoms with E-state index in [2.05, 4.69) is 4.72 Å². The maximum Gasteiger partial charge on any atom is 0.256 e. The summed E-state index contributed by atoms with van der Waals surface area (Å²) in [6, 6.07) is 8.10. The molecule has 5 rings (SSSR count). The second-order valence-electron chi connectivity index (χ2n) is 9.23. The zero-order valence-electron chi connectivity index (χ0n) is 19.5. The van der Waals surface area contributed by atoms with Gasteiger partial charge in [0, 0.05) is 42.5 Å². The van der Waals surface area contributed by atoms with Crippen molar-refractivity contribution in [3.05, 3.63) is 52.3 Å². The van der Waals surface area contributed by atoms with E-state index < -0.39 is 10.0 Å². The number of nitrogens with zero attached hydrogens (tertiary/aromatic N) is 5. The number of nitrogens with one attached hydrogen (secondary N) is 1. The first kappa shape index (κ1) is 23.8. The molecule has 0 radical (unpaired) electrons. The number of aliphatic hydroxyl groups is 1. The number of anilines is 2. The number of hydrogen-bond acceptors (Lipinski definition) is 7. The lowest BCUT2D eigenvalue weighted by atomic mass is 9.98. The predicted octanol–water partition coefficient (Wildman–Crippen LogP) is 2.61. The molecule has 0 unspecified atom stereocenters. The van der Waals surface area contributed by atoms with Gasteiger partial charge >= 0.3 is 0 Å². The number of aliphatic hydroxyl groups excluding tert-OH is 1. The fraction of sp³-hybridized carbons (Fsp3) is 0.435. The molecule has 1 atom stereocenters. The lowest BCUT2D eigenvalue weighted by Crippen LogP contribution is -2.51. The molecule has 1 amide bonds. The summed E-state index contributed by atoms with van der Waals surface area (Å²) >= 11 is 6.17. The molecular weight excluding hydrogens is 492 g/mol. The summed E-state index contributed by atoms with van der Waals surface area (Å²) in [4.78, 5) is 22.2. The summed E-state index contributed by atoms with van der Waals surface area (Å²) < 4.78 is 27.9. The number of benzene rings is 1. The van der Waals surface area contributed by atoms with Crippen molar-refractivity contribution in [3.63, 3.8) is 0 Å². The molecule has 35 heavy (non-hydrogen) atoms. The second kappa shape index (κ2) is 8.96. The van der Waals surface area contributed by atoms with Gasteiger partial charge in [-0.25, -0.2) is 17.9 Å². The Morgan fingerprint density at radius 1 is 1.20 bits per heavy atom. The zero-order valence-corrected chi connectivity index (χ0v) is 21.1. The van der Waals surface area contributed by atoms with Crippen LogP contribution in [-0.4, -0.2) is 70.9 Å². The number of carbonyl (C=O) groups is 1. The summed E-state index contributed by atoms with van der Waals surface area (Å²) in [5.74, 6) is 0.485. The Hall–Kier alpha value is -2.89. The predicted molar refractivity (Wildman–Crippen MR) is 133 cm³/mol. The maximum absolute atomic E-state index is 13.7. The van der Waals surface area contributed by atoms with Crippen LogP contribution in [0.5, 0.6) is 0 Å². The van der Waals surface area contributed by atoms with Crippen LogP contribution in [0.2, 0.25) is 5.02 Å². The van der Waals surface area contributed by atoms with E-state index in [-0.39, 0.29) is 29.3 Å². The molecule has 12 heteroatoms. The van der Waals surface area contributed by atoms with Gasteiger partial charge < -0.3 is 14.9 Å². The van der Waals surface area contributed by atoms with Gasteiger partial charge in [0.25, 0.3) is 5.91 Å². The molecule has 2 aliphatic heterocycles. The Morgan fingerprint density at radius 2 is 1.97 bits per heavy atom. The highest BCUT2D eigenvalue weighted by Crippen LogP contribution is 2.34. The van der Waals surface area contributed by atoms with Crippen LogP contribution in [-0.2, 0) is 10.0 Å². The van der Waals surface area contributed by atoms with Gasteiger partial charge in [-0.15, -0.1) is 0 Å². The zero-order chi connectivity index (χ0) is 24.9. The molecule has 186 valence electrons. The third kappa shape index (κ3) is 4.80. The number of sulfonamides is 1. The topological polar surface area (TPSA) is 120 Å². The van der Waals surface area contributed by atoms with Gasteiger partial charge in [0.15, 0.2) is 5.65 Å².